The molecule has 0 aliphatic heterocycles. The predicted molar refractivity (Wildman–Crippen MR) is 119 cm³/mol. The molecule has 0 saturated heterocycles. The minimum absolute atomic E-state index is 0.188. The van der Waals surface area contributed by atoms with Crippen LogP contribution in [0.5, 0.6) is 5.75 Å². The highest BCUT2D eigenvalue weighted by Crippen LogP contribution is 2.42. The molecule has 3 heteroatoms. The molecule has 5 aromatic carbocycles. The number of hydrogen-bond donors (Lipinski definition) is 1. The van der Waals surface area contributed by atoms with Crippen molar-refractivity contribution >= 4 is 59.8 Å². The second-order valence-electron chi connectivity index (χ2n) is 6.63. The van der Waals surface area contributed by atoms with E-state index >= 15 is 0 Å². The van der Waals surface area contributed by atoms with Gasteiger partial charge >= 0.3 is 0 Å². The zero-order valence-corrected chi connectivity index (χ0v) is 16.6. The summed E-state index contributed by atoms with van der Waals surface area (Å²) < 4.78 is 1.08. The summed E-state index contributed by atoms with van der Waals surface area (Å²) in [6, 6.07) is 26.3. The van der Waals surface area contributed by atoms with E-state index in [0.717, 1.165) is 31.8 Å². The zero-order valence-electron chi connectivity index (χ0n) is 14.2. The molecule has 0 atom stereocenters. The van der Waals surface area contributed by atoms with E-state index in [-0.39, 0.29) is 5.75 Å². The lowest BCUT2D eigenvalue weighted by Gasteiger charge is -2.15. The van der Waals surface area contributed by atoms with Gasteiger partial charge in [-0.05, 0) is 68.2 Å². The standard InChI is InChI=1S/C24H14BrClO/c25-23-13-22-16-6-2-1-5-15(16)20(19-10-9-14(26)11-24(19)27)12-21(22)17-7-3-4-8-18(17)23/h1-13,27H. The highest BCUT2D eigenvalue weighted by molar-refractivity contribution is 9.10. The minimum Gasteiger partial charge on any atom is -0.507 e. The van der Waals surface area contributed by atoms with Crippen LogP contribution in [0, 0.1) is 0 Å². The lowest BCUT2D eigenvalue weighted by atomic mass is 9.90. The summed E-state index contributed by atoms with van der Waals surface area (Å²) >= 11 is 9.78. The fraction of sp³-hybridized carbons (Fsp3) is 0. The molecule has 0 bridgehead atoms. The Bertz CT molecular complexity index is 1360. The first-order chi connectivity index (χ1) is 13.1. The van der Waals surface area contributed by atoms with Gasteiger partial charge in [-0.1, -0.05) is 76.1 Å². The molecule has 0 aliphatic rings. The van der Waals surface area contributed by atoms with Crippen LogP contribution in [0.2, 0.25) is 5.02 Å². The molecule has 0 saturated carbocycles. The normalized spacial score (nSPS) is 11.5. The summed E-state index contributed by atoms with van der Waals surface area (Å²) in [7, 11) is 0. The molecule has 27 heavy (non-hydrogen) atoms. The lowest BCUT2D eigenvalue weighted by molar-refractivity contribution is 0.477. The first-order valence-electron chi connectivity index (χ1n) is 8.65. The number of hydrogen-bond acceptors (Lipinski definition) is 1. The number of rotatable bonds is 1. The van der Waals surface area contributed by atoms with E-state index in [1.807, 2.05) is 24.3 Å². The molecule has 5 aromatic rings. The van der Waals surface area contributed by atoms with Crippen LogP contribution in [0.15, 0.2) is 83.3 Å². The molecular formula is C24H14BrClO. The van der Waals surface area contributed by atoms with Crippen molar-refractivity contribution in [3.8, 4) is 16.9 Å². The van der Waals surface area contributed by atoms with E-state index in [4.69, 9.17) is 11.6 Å². The van der Waals surface area contributed by atoms with Crippen LogP contribution < -0.4 is 0 Å². The van der Waals surface area contributed by atoms with Crippen LogP contribution in [0.3, 0.4) is 0 Å². The Balaban J connectivity index is 2.01. The molecule has 0 heterocycles. The summed E-state index contributed by atoms with van der Waals surface area (Å²) in [4.78, 5) is 0. The van der Waals surface area contributed by atoms with Gasteiger partial charge in [0.05, 0.1) is 0 Å². The Kier molecular flexibility index (Phi) is 3.85. The van der Waals surface area contributed by atoms with Crippen LogP contribution in [-0.4, -0.2) is 5.11 Å². The summed E-state index contributed by atoms with van der Waals surface area (Å²) in [6.45, 7) is 0. The third kappa shape index (κ3) is 2.60. The van der Waals surface area contributed by atoms with Gasteiger partial charge in [-0.3, -0.25) is 0 Å². The number of aromatic hydroxyl groups is 1. The number of halogens is 2. The van der Waals surface area contributed by atoms with Crippen molar-refractivity contribution in [2.45, 2.75) is 0 Å². The number of fused-ring (bicyclic) bond motifs is 5. The van der Waals surface area contributed by atoms with Gasteiger partial charge in [0.1, 0.15) is 5.75 Å². The maximum Gasteiger partial charge on any atom is 0.124 e. The van der Waals surface area contributed by atoms with Crippen LogP contribution in [0.4, 0.5) is 0 Å². The Morgan fingerprint density at radius 1 is 0.593 bits per heavy atom. The van der Waals surface area contributed by atoms with E-state index < -0.39 is 0 Å². The first kappa shape index (κ1) is 16.6. The Hall–Kier alpha value is -2.55. The van der Waals surface area contributed by atoms with Gasteiger partial charge in [-0.15, -0.1) is 0 Å². The fourth-order valence-electron chi connectivity index (χ4n) is 3.86. The highest BCUT2D eigenvalue weighted by atomic mass is 79.9. The lowest BCUT2D eigenvalue weighted by Crippen LogP contribution is -1.87. The van der Waals surface area contributed by atoms with E-state index in [9.17, 15) is 5.11 Å². The van der Waals surface area contributed by atoms with Crippen LogP contribution >= 0.6 is 27.5 Å². The topological polar surface area (TPSA) is 20.2 Å². The third-order valence-electron chi connectivity index (χ3n) is 5.08. The Labute approximate surface area is 169 Å². The minimum atomic E-state index is 0.188. The molecule has 5 rings (SSSR count). The van der Waals surface area contributed by atoms with Crippen LogP contribution in [0.25, 0.3) is 43.4 Å². The summed E-state index contributed by atoms with van der Waals surface area (Å²) in [5.74, 6) is 0.188. The van der Waals surface area contributed by atoms with Crippen molar-refractivity contribution < 1.29 is 5.11 Å². The number of benzene rings is 5. The van der Waals surface area contributed by atoms with Gasteiger partial charge in [0.15, 0.2) is 0 Å². The van der Waals surface area contributed by atoms with Gasteiger partial charge in [-0.2, -0.15) is 0 Å². The molecule has 0 unspecified atom stereocenters. The quantitative estimate of drug-likeness (QED) is 0.266. The fourth-order valence-corrected chi connectivity index (χ4v) is 4.60. The van der Waals surface area contributed by atoms with Crippen molar-refractivity contribution in [3.63, 3.8) is 0 Å². The molecule has 0 radical (unpaired) electrons. The number of phenols is 1. The summed E-state index contributed by atoms with van der Waals surface area (Å²) in [5.41, 5.74) is 1.78. The van der Waals surface area contributed by atoms with E-state index in [0.29, 0.717) is 5.02 Å². The maximum absolute atomic E-state index is 10.5. The second kappa shape index (κ2) is 6.26. The van der Waals surface area contributed by atoms with E-state index in [2.05, 4.69) is 64.5 Å². The van der Waals surface area contributed by atoms with Crippen molar-refractivity contribution in [2.75, 3.05) is 0 Å². The average Bonchev–Trinajstić information content (AvgIpc) is 2.68. The molecule has 130 valence electrons. The molecule has 0 aromatic heterocycles. The van der Waals surface area contributed by atoms with Crippen LogP contribution in [0.1, 0.15) is 0 Å². The van der Waals surface area contributed by atoms with Crippen molar-refractivity contribution in [1.29, 1.82) is 0 Å². The molecule has 0 fully saturated rings. The molecular weight excluding hydrogens is 420 g/mol. The summed E-state index contributed by atoms with van der Waals surface area (Å²) in [6.07, 6.45) is 0. The van der Waals surface area contributed by atoms with Gasteiger partial charge in [0, 0.05) is 15.1 Å². The molecule has 0 amide bonds. The average molecular weight is 434 g/mol. The van der Waals surface area contributed by atoms with Crippen LogP contribution in [-0.2, 0) is 0 Å². The SMILES string of the molecule is Oc1cc(Cl)ccc1-c1cc2c3ccccc3c(Br)cc2c2ccccc12. The van der Waals surface area contributed by atoms with Crippen molar-refractivity contribution in [3.05, 3.63) is 88.4 Å². The summed E-state index contributed by atoms with van der Waals surface area (Å²) in [5, 5.41) is 18.0. The Morgan fingerprint density at radius 2 is 1.19 bits per heavy atom. The molecule has 0 spiro atoms. The smallest absolute Gasteiger partial charge is 0.124 e. The maximum atomic E-state index is 10.5. The van der Waals surface area contributed by atoms with Gasteiger partial charge in [0.2, 0.25) is 0 Å². The van der Waals surface area contributed by atoms with E-state index in [1.54, 1.807) is 6.07 Å². The third-order valence-corrected chi connectivity index (χ3v) is 5.97. The van der Waals surface area contributed by atoms with Gasteiger partial charge < -0.3 is 5.11 Å². The largest absolute Gasteiger partial charge is 0.507 e. The Morgan fingerprint density at radius 3 is 1.89 bits per heavy atom. The van der Waals surface area contributed by atoms with Crippen molar-refractivity contribution in [2.24, 2.45) is 0 Å². The highest BCUT2D eigenvalue weighted by Gasteiger charge is 2.14. The first-order valence-corrected chi connectivity index (χ1v) is 9.82. The molecule has 1 nitrogen and oxygen atoms in total. The number of phenolic OH excluding ortho intramolecular Hbond substituents is 1. The van der Waals surface area contributed by atoms with Gasteiger partial charge in [0.25, 0.3) is 0 Å². The van der Waals surface area contributed by atoms with Gasteiger partial charge in [-0.25, -0.2) is 0 Å². The van der Waals surface area contributed by atoms with Crippen molar-refractivity contribution in [1.82, 2.24) is 0 Å². The predicted octanol–water partition coefficient (Wildman–Crippen LogP) is 7.93. The monoisotopic (exact) mass is 432 g/mol. The van der Waals surface area contributed by atoms with E-state index in [1.165, 1.54) is 16.2 Å². The molecule has 1 N–H and O–H groups in total. The zero-order chi connectivity index (χ0) is 18.5. The second-order valence-corrected chi connectivity index (χ2v) is 7.92. The molecule has 0 aliphatic carbocycles.